The average molecular weight is 422 g/mol. The highest BCUT2D eigenvalue weighted by Crippen LogP contribution is 2.35. The van der Waals surface area contributed by atoms with Gasteiger partial charge < -0.3 is 19.4 Å². The molecular weight excluding hydrogens is 400 g/mol. The minimum absolute atomic E-state index is 0.117. The summed E-state index contributed by atoms with van der Waals surface area (Å²) in [7, 11) is 2.78. The van der Waals surface area contributed by atoms with Gasteiger partial charge >= 0.3 is 0 Å². The Labute approximate surface area is 178 Å². The largest absolute Gasteiger partial charge is 0.493 e. The smallest absolute Gasteiger partial charge is 0.286 e. The van der Waals surface area contributed by atoms with E-state index in [1.54, 1.807) is 12.1 Å². The van der Waals surface area contributed by atoms with Crippen LogP contribution in [0.25, 0.3) is 11.4 Å². The number of fused-ring (bicyclic) bond motifs is 1. The molecule has 31 heavy (non-hydrogen) atoms. The molecule has 0 fully saturated rings. The van der Waals surface area contributed by atoms with Gasteiger partial charge in [-0.3, -0.25) is 14.9 Å². The van der Waals surface area contributed by atoms with Crippen LogP contribution in [0.1, 0.15) is 28.9 Å². The van der Waals surface area contributed by atoms with Gasteiger partial charge in [0.15, 0.2) is 11.5 Å². The van der Waals surface area contributed by atoms with E-state index in [0.29, 0.717) is 5.69 Å². The van der Waals surface area contributed by atoms with Gasteiger partial charge in [0.05, 0.1) is 25.2 Å². The topological polar surface area (TPSA) is 109 Å². The molecule has 3 aromatic rings. The Morgan fingerprint density at radius 3 is 2.52 bits per heavy atom. The van der Waals surface area contributed by atoms with E-state index in [-0.39, 0.29) is 22.7 Å². The molecule has 0 unspecified atom stereocenters. The van der Waals surface area contributed by atoms with E-state index in [0.717, 1.165) is 30.8 Å². The van der Waals surface area contributed by atoms with E-state index in [2.05, 4.69) is 14.9 Å². The lowest BCUT2D eigenvalue weighted by Crippen LogP contribution is -2.14. The first-order valence-electron chi connectivity index (χ1n) is 9.88. The number of imidazole rings is 1. The molecule has 9 nitrogen and oxygen atoms in total. The number of hydrogen-bond acceptors (Lipinski definition) is 6. The summed E-state index contributed by atoms with van der Waals surface area (Å²) in [6, 6.07) is 9.75. The van der Waals surface area contributed by atoms with Crippen molar-refractivity contribution < 1.29 is 19.2 Å². The van der Waals surface area contributed by atoms with Crippen molar-refractivity contribution in [1.29, 1.82) is 0 Å². The van der Waals surface area contributed by atoms with E-state index in [9.17, 15) is 14.9 Å². The third-order valence-electron chi connectivity index (χ3n) is 5.35. The molecule has 160 valence electrons. The third-order valence-corrected chi connectivity index (χ3v) is 5.35. The summed E-state index contributed by atoms with van der Waals surface area (Å²) in [4.78, 5) is 28.2. The molecule has 1 N–H and O–H groups in total. The first kappa shape index (κ1) is 20.4. The molecular formula is C22H22N4O5. The summed E-state index contributed by atoms with van der Waals surface area (Å²) in [6.45, 7) is 0.951. The Morgan fingerprint density at radius 2 is 1.84 bits per heavy atom. The Hall–Kier alpha value is -3.88. The highest BCUT2D eigenvalue weighted by molar-refractivity contribution is 6.07. The molecule has 0 aliphatic carbocycles. The van der Waals surface area contributed by atoms with Gasteiger partial charge in [-0.25, -0.2) is 4.98 Å². The van der Waals surface area contributed by atoms with Crippen LogP contribution >= 0.6 is 0 Å². The molecule has 4 rings (SSSR count). The van der Waals surface area contributed by atoms with Gasteiger partial charge in [-0.05, 0) is 43.5 Å². The molecule has 0 saturated heterocycles. The normalized spacial score (nSPS) is 12.7. The second-order valence-corrected chi connectivity index (χ2v) is 7.19. The molecule has 1 aromatic heterocycles. The van der Waals surface area contributed by atoms with E-state index in [4.69, 9.17) is 9.47 Å². The van der Waals surface area contributed by atoms with Crippen molar-refractivity contribution in [3.8, 4) is 22.9 Å². The fourth-order valence-corrected chi connectivity index (χ4v) is 3.77. The number of anilines is 1. The highest BCUT2D eigenvalue weighted by atomic mass is 16.6. The Kier molecular flexibility index (Phi) is 5.57. The summed E-state index contributed by atoms with van der Waals surface area (Å²) < 4.78 is 12.5. The van der Waals surface area contributed by atoms with Crippen molar-refractivity contribution in [1.82, 2.24) is 9.55 Å². The molecule has 2 heterocycles. The first-order valence-corrected chi connectivity index (χ1v) is 9.88. The number of methoxy groups -OCH3 is 2. The summed E-state index contributed by atoms with van der Waals surface area (Å²) in [5.41, 5.74) is 2.22. The molecule has 0 saturated carbocycles. The maximum absolute atomic E-state index is 12.8. The van der Waals surface area contributed by atoms with Crippen molar-refractivity contribution in [2.45, 2.75) is 25.8 Å². The summed E-state index contributed by atoms with van der Waals surface area (Å²) in [6.07, 6.45) is 5.26. The Balaban J connectivity index is 1.58. The van der Waals surface area contributed by atoms with Gasteiger partial charge in [-0.1, -0.05) is 0 Å². The molecule has 1 amide bonds. The number of nitro benzene ring substituents is 1. The van der Waals surface area contributed by atoms with Gasteiger partial charge in [0.2, 0.25) is 0 Å². The maximum Gasteiger partial charge on any atom is 0.286 e. The third kappa shape index (κ3) is 3.94. The zero-order valence-corrected chi connectivity index (χ0v) is 17.3. The number of benzene rings is 2. The number of carbonyl (C=O) groups excluding carboxylic acids is 1. The van der Waals surface area contributed by atoms with Gasteiger partial charge in [-0.2, -0.15) is 0 Å². The van der Waals surface area contributed by atoms with Crippen molar-refractivity contribution in [3.05, 3.63) is 64.0 Å². The number of carbonyl (C=O) groups is 1. The predicted octanol–water partition coefficient (Wildman–Crippen LogP) is 4.06. The molecule has 0 spiro atoms. The van der Waals surface area contributed by atoms with E-state index in [1.807, 2.05) is 18.3 Å². The molecule has 0 radical (unpaired) electrons. The van der Waals surface area contributed by atoms with Crippen molar-refractivity contribution in [2.75, 3.05) is 19.5 Å². The zero-order chi connectivity index (χ0) is 22.0. The molecule has 0 bridgehead atoms. The lowest BCUT2D eigenvalue weighted by atomic mass is 10.1. The van der Waals surface area contributed by atoms with Crippen LogP contribution in [0.4, 0.5) is 11.4 Å². The van der Waals surface area contributed by atoms with Crippen LogP contribution in [-0.2, 0) is 13.0 Å². The Bertz CT molecular complexity index is 1140. The quantitative estimate of drug-likeness (QED) is 0.474. The number of rotatable bonds is 6. The average Bonchev–Trinajstić information content (AvgIpc) is 3.22. The van der Waals surface area contributed by atoms with Crippen molar-refractivity contribution in [2.24, 2.45) is 0 Å². The van der Waals surface area contributed by atoms with Crippen LogP contribution in [0.15, 0.2) is 42.6 Å². The number of ether oxygens (including phenoxy) is 2. The van der Waals surface area contributed by atoms with Gasteiger partial charge in [-0.15, -0.1) is 0 Å². The molecule has 1 aliphatic rings. The second kappa shape index (κ2) is 8.47. The lowest BCUT2D eigenvalue weighted by molar-refractivity contribution is -0.385. The van der Waals surface area contributed by atoms with Crippen LogP contribution < -0.4 is 14.8 Å². The van der Waals surface area contributed by atoms with Crippen molar-refractivity contribution >= 4 is 17.3 Å². The van der Waals surface area contributed by atoms with Crippen LogP contribution in [0, 0.1) is 10.1 Å². The number of aryl methyl sites for hydroxylation is 1. The van der Waals surface area contributed by atoms with Gasteiger partial charge in [0.1, 0.15) is 11.4 Å². The summed E-state index contributed by atoms with van der Waals surface area (Å²) in [5.74, 6) is 0.706. The number of amides is 1. The molecule has 0 atom stereocenters. The van der Waals surface area contributed by atoms with E-state index >= 15 is 0 Å². The van der Waals surface area contributed by atoms with E-state index in [1.165, 1.54) is 38.5 Å². The second-order valence-electron chi connectivity index (χ2n) is 7.19. The first-order chi connectivity index (χ1) is 15.0. The SMILES string of the molecule is COc1cc(C(=O)Nc2ccc(-c3ncc4n3CCCC4)cc2)c([N+](=O)[O-])cc1OC. The summed E-state index contributed by atoms with van der Waals surface area (Å²) >= 11 is 0. The number of hydrogen-bond donors (Lipinski definition) is 1. The number of nitrogens with one attached hydrogen (secondary N) is 1. The Morgan fingerprint density at radius 1 is 1.13 bits per heavy atom. The number of nitrogens with zero attached hydrogens (tertiary/aromatic N) is 3. The van der Waals surface area contributed by atoms with Crippen LogP contribution in [-0.4, -0.2) is 34.6 Å². The number of nitro groups is 1. The van der Waals surface area contributed by atoms with Gasteiger partial charge in [0, 0.05) is 35.8 Å². The van der Waals surface area contributed by atoms with E-state index < -0.39 is 10.8 Å². The molecule has 1 aliphatic heterocycles. The minimum Gasteiger partial charge on any atom is -0.493 e. The zero-order valence-electron chi connectivity index (χ0n) is 17.3. The molecule has 9 heteroatoms. The predicted molar refractivity (Wildman–Crippen MR) is 115 cm³/mol. The van der Waals surface area contributed by atoms with Crippen LogP contribution in [0.5, 0.6) is 11.5 Å². The minimum atomic E-state index is -0.624. The van der Waals surface area contributed by atoms with Crippen LogP contribution in [0.3, 0.4) is 0 Å². The maximum atomic E-state index is 12.8. The number of aromatic nitrogens is 2. The lowest BCUT2D eigenvalue weighted by Gasteiger charge is -2.16. The van der Waals surface area contributed by atoms with Crippen LogP contribution in [0.2, 0.25) is 0 Å². The fourth-order valence-electron chi connectivity index (χ4n) is 3.77. The summed E-state index contributed by atoms with van der Waals surface area (Å²) in [5, 5.41) is 14.2. The standard InChI is InChI=1S/C22H22N4O5/c1-30-19-11-17(18(26(28)29)12-20(19)31-2)22(27)24-15-8-6-14(7-9-15)21-23-13-16-5-3-4-10-25(16)21/h6-9,11-13H,3-5,10H2,1-2H3,(H,24,27). The fraction of sp³-hybridized carbons (Fsp3) is 0.273. The van der Waals surface area contributed by atoms with Crippen molar-refractivity contribution in [3.63, 3.8) is 0 Å². The highest BCUT2D eigenvalue weighted by Gasteiger charge is 2.25. The molecule has 2 aromatic carbocycles. The van der Waals surface area contributed by atoms with Gasteiger partial charge in [0.25, 0.3) is 11.6 Å². The monoisotopic (exact) mass is 422 g/mol.